The maximum Gasteiger partial charge on any atom is 0.338 e. The Labute approximate surface area is 112 Å². The normalized spacial score (nSPS) is 10.7. The SMILES string of the molecule is COC(=O)c1ccc(OCC(C)C)c2ncccc12. The Morgan fingerprint density at radius 1 is 1.32 bits per heavy atom. The summed E-state index contributed by atoms with van der Waals surface area (Å²) in [5.74, 6) is 0.754. The predicted molar refractivity (Wildman–Crippen MR) is 73.4 cm³/mol. The molecule has 0 aliphatic heterocycles. The largest absolute Gasteiger partial charge is 0.491 e. The van der Waals surface area contributed by atoms with Crippen LogP contribution in [-0.2, 0) is 4.74 Å². The van der Waals surface area contributed by atoms with Crippen LogP contribution in [0.5, 0.6) is 5.75 Å². The van der Waals surface area contributed by atoms with Gasteiger partial charge in [0.2, 0.25) is 0 Å². The van der Waals surface area contributed by atoms with Crippen molar-refractivity contribution in [3.63, 3.8) is 0 Å². The van der Waals surface area contributed by atoms with Gasteiger partial charge in [-0.3, -0.25) is 4.98 Å². The maximum atomic E-state index is 11.7. The van der Waals surface area contributed by atoms with E-state index in [9.17, 15) is 4.79 Å². The first kappa shape index (κ1) is 13.3. The van der Waals surface area contributed by atoms with E-state index in [1.165, 1.54) is 7.11 Å². The fraction of sp³-hybridized carbons (Fsp3) is 0.333. The molecular formula is C15H17NO3. The monoisotopic (exact) mass is 259 g/mol. The van der Waals surface area contributed by atoms with Gasteiger partial charge >= 0.3 is 5.97 Å². The number of fused-ring (bicyclic) bond motifs is 1. The van der Waals surface area contributed by atoms with Crippen molar-refractivity contribution in [3.8, 4) is 5.75 Å². The molecule has 0 saturated heterocycles. The molecule has 0 N–H and O–H groups in total. The first-order valence-electron chi connectivity index (χ1n) is 6.22. The van der Waals surface area contributed by atoms with Crippen LogP contribution in [0.3, 0.4) is 0 Å². The minimum absolute atomic E-state index is 0.367. The average Bonchev–Trinajstić information content (AvgIpc) is 2.43. The number of carbonyl (C=O) groups excluding carboxylic acids is 1. The average molecular weight is 259 g/mol. The second kappa shape index (κ2) is 5.69. The van der Waals surface area contributed by atoms with Crippen molar-refractivity contribution in [1.29, 1.82) is 0 Å². The molecule has 1 aromatic carbocycles. The van der Waals surface area contributed by atoms with E-state index in [0.717, 1.165) is 5.39 Å². The lowest BCUT2D eigenvalue weighted by Crippen LogP contribution is -2.07. The number of ether oxygens (including phenoxy) is 2. The van der Waals surface area contributed by atoms with E-state index >= 15 is 0 Å². The molecule has 2 aromatic rings. The molecule has 0 spiro atoms. The third kappa shape index (κ3) is 2.84. The first-order chi connectivity index (χ1) is 9.13. The second-order valence-electron chi connectivity index (χ2n) is 4.71. The Kier molecular flexibility index (Phi) is 4.00. The Balaban J connectivity index is 2.49. The number of pyridine rings is 1. The Bertz CT molecular complexity index is 593. The van der Waals surface area contributed by atoms with Gasteiger partial charge in [0.05, 0.1) is 19.3 Å². The highest BCUT2D eigenvalue weighted by Gasteiger charge is 2.14. The lowest BCUT2D eigenvalue weighted by Gasteiger charge is -2.12. The number of nitrogens with zero attached hydrogens (tertiary/aromatic N) is 1. The molecule has 0 atom stereocenters. The highest BCUT2D eigenvalue weighted by molar-refractivity contribution is 6.05. The van der Waals surface area contributed by atoms with Gasteiger partial charge in [-0.2, -0.15) is 0 Å². The maximum absolute atomic E-state index is 11.7. The zero-order valence-electron chi connectivity index (χ0n) is 11.3. The minimum Gasteiger partial charge on any atom is -0.491 e. The molecule has 0 aliphatic carbocycles. The van der Waals surface area contributed by atoms with Crippen molar-refractivity contribution in [2.24, 2.45) is 5.92 Å². The van der Waals surface area contributed by atoms with Crippen LogP contribution >= 0.6 is 0 Å². The molecule has 0 bridgehead atoms. The van der Waals surface area contributed by atoms with Gasteiger partial charge in [0.25, 0.3) is 0 Å². The van der Waals surface area contributed by atoms with E-state index in [2.05, 4.69) is 18.8 Å². The van der Waals surface area contributed by atoms with Gasteiger partial charge in [-0.15, -0.1) is 0 Å². The van der Waals surface area contributed by atoms with Crippen molar-refractivity contribution in [2.75, 3.05) is 13.7 Å². The Hall–Kier alpha value is -2.10. The fourth-order valence-corrected chi connectivity index (χ4v) is 1.81. The number of hydrogen-bond donors (Lipinski definition) is 0. The summed E-state index contributed by atoms with van der Waals surface area (Å²) in [6, 6.07) is 7.12. The summed E-state index contributed by atoms with van der Waals surface area (Å²) >= 11 is 0. The van der Waals surface area contributed by atoms with Gasteiger partial charge < -0.3 is 9.47 Å². The van der Waals surface area contributed by atoms with Crippen LogP contribution < -0.4 is 4.74 Å². The molecule has 0 fully saturated rings. The van der Waals surface area contributed by atoms with Gasteiger partial charge in [-0.05, 0) is 24.1 Å². The van der Waals surface area contributed by atoms with E-state index in [1.807, 2.05) is 6.07 Å². The number of aromatic nitrogens is 1. The molecular weight excluding hydrogens is 242 g/mol. The molecule has 100 valence electrons. The lowest BCUT2D eigenvalue weighted by atomic mass is 10.1. The van der Waals surface area contributed by atoms with Crippen LogP contribution in [0, 0.1) is 5.92 Å². The number of hydrogen-bond acceptors (Lipinski definition) is 4. The van der Waals surface area contributed by atoms with Crippen LogP contribution in [0.2, 0.25) is 0 Å². The Morgan fingerprint density at radius 3 is 2.79 bits per heavy atom. The number of methoxy groups -OCH3 is 1. The molecule has 4 heteroatoms. The molecule has 0 radical (unpaired) electrons. The number of benzene rings is 1. The standard InChI is InChI=1S/C15H17NO3/c1-10(2)9-19-13-7-6-12(15(17)18-3)11-5-4-8-16-14(11)13/h4-8,10H,9H2,1-3H3. The summed E-state index contributed by atoms with van der Waals surface area (Å²) in [5, 5.41) is 0.746. The molecule has 0 unspecified atom stereocenters. The third-order valence-electron chi connectivity index (χ3n) is 2.71. The van der Waals surface area contributed by atoms with Crippen LogP contribution in [0.25, 0.3) is 10.9 Å². The van der Waals surface area contributed by atoms with E-state index in [1.54, 1.807) is 24.4 Å². The van der Waals surface area contributed by atoms with E-state index in [-0.39, 0.29) is 5.97 Å². The van der Waals surface area contributed by atoms with Crippen molar-refractivity contribution in [2.45, 2.75) is 13.8 Å². The molecule has 1 aromatic heterocycles. The molecule has 0 saturated carbocycles. The van der Waals surface area contributed by atoms with E-state index in [0.29, 0.717) is 29.4 Å². The van der Waals surface area contributed by atoms with Gasteiger partial charge in [0.15, 0.2) is 0 Å². The molecule has 2 rings (SSSR count). The summed E-state index contributed by atoms with van der Waals surface area (Å²) in [5.41, 5.74) is 1.19. The Morgan fingerprint density at radius 2 is 2.11 bits per heavy atom. The van der Waals surface area contributed by atoms with Crippen LogP contribution in [0.4, 0.5) is 0 Å². The molecule has 0 amide bonds. The zero-order valence-corrected chi connectivity index (χ0v) is 11.3. The third-order valence-corrected chi connectivity index (χ3v) is 2.71. The van der Waals surface area contributed by atoms with Crippen LogP contribution in [-0.4, -0.2) is 24.7 Å². The van der Waals surface area contributed by atoms with Crippen molar-refractivity contribution >= 4 is 16.9 Å². The van der Waals surface area contributed by atoms with Crippen LogP contribution in [0.1, 0.15) is 24.2 Å². The van der Waals surface area contributed by atoms with Gasteiger partial charge in [0.1, 0.15) is 11.3 Å². The summed E-state index contributed by atoms with van der Waals surface area (Å²) < 4.78 is 10.5. The first-order valence-corrected chi connectivity index (χ1v) is 6.22. The van der Waals surface area contributed by atoms with Gasteiger partial charge in [-0.1, -0.05) is 19.9 Å². The van der Waals surface area contributed by atoms with E-state index < -0.39 is 0 Å². The molecule has 0 aliphatic rings. The number of carbonyl (C=O) groups is 1. The molecule has 4 nitrogen and oxygen atoms in total. The fourth-order valence-electron chi connectivity index (χ4n) is 1.81. The minimum atomic E-state index is -0.367. The van der Waals surface area contributed by atoms with Gasteiger partial charge in [-0.25, -0.2) is 4.79 Å². The summed E-state index contributed by atoms with van der Waals surface area (Å²) in [4.78, 5) is 16.0. The number of rotatable bonds is 4. The smallest absolute Gasteiger partial charge is 0.338 e. The predicted octanol–water partition coefficient (Wildman–Crippen LogP) is 3.06. The van der Waals surface area contributed by atoms with Crippen molar-refractivity contribution in [3.05, 3.63) is 36.0 Å². The van der Waals surface area contributed by atoms with E-state index in [4.69, 9.17) is 9.47 Å². The van der Waals surface area contributed by atoms with Crippen LogP contribution in [0.15, 0.2) is 30.5 Å². The summed E-state index contributed by atoms with van der Waals surface area (Å²) in [7, 11) is 1.37. The van der Waals surface area contributed by atoms with Crippen molar-refractivity contribution in [1.82, 2.24) is 4.98 Å². The summed E-state index contributed by atoms with van der Waals surface area (Å²) in [6.07, 6.45) is 1.69. The zero-order chi connectivity index (χ0) is 13.8. The number of esters is 1. The molecule has 1 heterocycles. The summed E-state index contributed by atoms with van der Waals surface area (Å²) in [6.45, 7) is 4.78. The highest BCUT2D eigenvalue weighted by Crippen LogP contribution is 2.27. The topological polar surface area (TPSA) is 48.4 Å². The van der Waals surface area contributed by atoms with Crippen molar-refractivity contribution < 1.29 is 14.3 Å². The van der Waals surface area contributed by atoms with Gasteiger partial charge in [0, 0.05) is 11.6 Å². The molecule has 19 heavy (non-hydrogen) atoms. The quantitative estimate of drug-likeness (QED) is 0.792. The highest BCUT2D eigenvalue weighted by atomic mass is 16.5. The second-order valence-corrected chi connectivity index (χ2v) is 4.71. The lowest BCUT2D eigenvalue weighted by molar-refractivity contribution is 0.0603.